The number of methoxy groups -OCH3 is 1. The summed E-state index contributed by atoms with van der Waals surface area (Å²) in [5, 5.41) is 2.87. The molecule has 0 amide bonds. The molecule has 1 aromatic rings. The molecule has 0 aliphatic carbocycles. The molecule has 0 saturated carbocycles. The summed E-state index contributed by atoms with van der Waals surface area (Å²) in [6.07, 6.45) is 0. The van der Waals surface area contributed by atoms with Crippen LogP contribution in [0.2, 0.25) is 0 Å². The van der Waals surface area contributed by atoms with Gasteiger partial charge in [-0.2, -0.15) is 0 Å². The van der Waals surface area contributed by atoms with E-state index in [1.807, 2.05) is 0 Å². The van der Waals surface area contributed by atoms with Gasteiger partial charge >= 0.3 is 11.9 Å². The number of carbonyl (C=O) groups excluding carboxylic acids is 2. The zero-order valence-corrected chi connectivity index (χ0v) is 9.86. The van der Waals surface area contributed by atoms with Crippen LogP contribution >= 0.6 is 0 Å². The summed E-state index contributed by atoms with van der Waals surface area (Å²) < 4.78 is 9.37. The first kappa shape index (κ1) is 13.0. The van der Waals surface area contributed by atoms with Crippen molar-refractivity contribution < 1.29 is 19.1 Å². The van der Waals surface area contributed by atoms with Crippen molar-refractivity contribution in [2.75, 3.05) is 25.6 Å². The Labute approximate surface area is 99.7 Å². The summed E-state index contributed by atoms with van der Waals surface area (Å²) >= 11 is 0. The Morgan fingerprint density at radius 2 is 2.12 bits per heavy atom. The molecule has 17 heavy (non-hydrogen) atoms. The monoisotopic (exact) mass is 237 g/mol. The number of ether oxygens (including phenoxy) is 2. The molecule has 5 heteroatoms. The van der Waals surface area contributed by atoms with Crippen molar-refractivity contribution in [1.29, 1.82) is 0 Å². The molecule has 0 fully saturated rings. The second-order valence-corrected chi connectivity index (χ2v) is 3.23. The smallest absolute Gasteiger partial charge is 0.337 e. The number of hydrogen-bond acceptors (Lipinski definition) is 5. The lowest BCUT2D eigenvalue weighted by Gasteiger charge is -2.07. The zero-order chi connectivity index (χ0) is 12.7. The van der Waals surface area contributed by atoms with Crippen LogP contribution in [0.1, 0.15) is 17.3 Å². The van der Waals surface area contributed by atoms with Crippen LogP contribution in [0.3, 0.4) is 0 Å². The lowest BCUT2D eigenvalue weighted by Crippen LogP contribution is -2.16. The van der Waals surface area contributed by atoms with Gasteiger partial charge in [0.2, 0.25) is 0 Å². The summed E-state index contributed by atoms with van der Waals surface area (Å²) in [6, 6.07) is 6.72. The van der Waals surface area contributed by atoms with Crippen molar-refractivity contribution in [3.63, 3.8) is 0 Å². The van der Waals surface area contributed by atoms with Crippen LogP contribution in [-0.4, -0.2) is 32.2 Å². The van der Waals surface area contributed by atoms with Crippen molar-refractivity contribution in [2.45, 2.75) is 6.92 Å². The average Bonchev–Trinajstić information content (AvgIpc) is 2.36. The Morgan fingerprint density at radius 3 is 2.76 bits per heavy atom. The van der Waals surface area contributed by atoms with Crippen LogP contribution in [0.15, 0.2) is 24.3 Å². The second kappa shape index (κ2) is 6.52. The molecular formula is C12H15NO4. The number of esters is 2. The lowest BCUT2D eigenvalue weighted by molar-refractivity contribution is -0.140. The summed E-state index contributed by atoms with van der Waals surface area (Å²) in [6.45, 7) is 2.16. The fraction of sp³-hybridized carbons (Fsp3) is 0.333. The van der Waals surface area contributed by atoms with E-state index in [-0.39, 0.29) is 12.5 Å². The fourth-order valence-corrected chi connectivity index (χ4v) is 1.26. The first-order valence-corrected chi connectivity index (χ1v) is 5.25. The average molecular weight is 237 g/mol. The van der Waals surface area contributed by atoms with Crippen molar-refractivity contribution in [3.05, 3.63) is 29.8 Å². The molecule has 0 unspecified atom stereocenters. The van der Waals surface area contributed by atoms with E-state index in [4.69, 9.17) is 4.74 Å². The molecular weight excluding hydrogens is 222 g/mol. The largest absolute Gasteiger partial charge is 0.465 e. The van der Waals surface area contributed by atoms with E-state index in [0.717, 1.165) is 0 Å². The maximum absolute atomic E-state index is 11.3. The van der Waals surface area contributed by atoms with Gasteiger partial charge in [0, 0.05) is 5.69 Å². The molecule has 0 radical (unpaired) electrons. The molecule has 0 atom stereocenters. The van der Waals surface area contributed by atoms with E-state index < -0.39 is 5.97 Å². The standard InChI is InChI=1S/C12H15NO4/c1-3-17-11(14)8-13-10-6-4-5-9(7-10)12(15)16-2/h4-7,13H,3,8H2,1-2H3. The Kier molecular flexibility index (Phi) is 5.00. The molecule has 0 aliphatic heterocycles. The Hall–Kier alpha value is -2.04. The number of carbonyl (C=O) groups is 2. The fourth-order valence-electron chi connectivity index (χ4n) is 1.26. The molecule has 0 spiro atoms. The van der Waals surface area contributed by atoms with Gasteiger partial charge in [-0.25, -0.2) is 4.79 Å². The topological polar surface area (TPSA) is 64.6 Å². The number of anilines is 1. The number of hydrogen-bond donors (Lipinski definition) is 1. The Balaban J connectivity index is 2.60. The van der Waals surface area contributed by atoms with Gasteiger partial charge in [-0.05, 0) is 25.1 Å². The number of benzene rings is 1. The minimum atomic E-state index is -0.412. The lowest BCUT2D eigenvalue weighted by atomic mass is 10.2. The molecule has 92 valence electrons. The quantitative estimate of drug-likeness (QED) is 0.785. The van der Waals surface area contributed by atoms with E-state index in [1.165, 1.54) is 7.11 Å². The van der Waals surface area contributed by atoms with Gasteiger partial charge in [0.15, 0.2) is 0 Å². The minimum absolute atomic E-state index is 0.0679. The maximum atomic E-state index is 11.3. The predicted octanol–water partition coefficient (Wildman–Crippen LogP) is 1.45. The van der Waals surface area contributed by atoms with Crippen LogP contribution in [0.25, 0.3) is 0 Å². The van der Waals surface area contributed by atoms with Crippen LogP contribution in [0.5, 0.6) is 0 Å². The maximum Gasteiger partial charge on any atom is 0.337 e. The first-order valence-electron chi connectivity index (χ1n) is 5.25. The molecule has 1 rings (SSSR count). The Bertz CT molecular complexity index is 403. The molecule has 0 bridgehead atoms. The van der Waals surface area contributed by atoms with Gasteiger partial charge in [-0.1, -0.05) is 6.07 Å². The number of rotatable bonds is 5. The first-order chi connectivity index (χ1) is 8.17. The molecule has 0 saturated heterocycles. The molecule has 1 N–H and O–H groups in total. The molecule has 0 aliphatic rings. The van der Waals surface area contributed by atoms with E-state index in [1.54, 1.807) is 31.2 Å². The molecule has 0 aromatic heterocycles. The molecule has 1 aromatic carbocycles. The van der Waals surface area contributed by atoms with Gasteiger partial charge in [-0.15, -0.1) is 0 Å². The highest BCUT2D eigenvalue weighted by Gasteiger charge is 2.06. The summed E-state index contributed by atoms with van der Waals surface area (Å²) in [7, 11) is 1.32. The predicted molar refractivity (Wildman–Crippen MR) is 62.9 cm³/mol. The zero-order valence-electron chi connectivity index (χ0n) is 9.86. The van der Waals surface area contributed by atoms with Gasteiger partial charge in [-0.3, -0.25) is 4.79 Å². The highest BCUT2D eigenvalue weighted by molar-refractivity contribution is 5.90. The van der Waals surface area contributed by atoms with Gasteiger partial charge in [0.05, 0.1) is 19.3 Å². The van der Waals surface area contributed by atoms with E-state index in [2.05, 4.69) is 10.1 Å². The third-order valence-electron chi connectivity index (χ3n) is 2.03. The summed E-state index contributed by atoms with van der Waals surface area (Å²) in [5.41, 5.74) is 1.10. The molecule has 5 nitrogen and oxygen atoms in total. The van der Waals surface area contributed by atoms with E-state index >= 15 is 0 Å². The van der Waals surface area contributed by atoms with Crippen molar-refractivity contribution in [3.8, 4) is 0 Å². The van der Waals surface area contributed by atoms with Crippen molar-refractivity contribution >= 4 is 17.6 Å². The SMILES string of the molecule is CCOC(=O)CNc1cccc(C(=O)OC)c1. The highest BCUT2D eigenvalue weighted by Crippen LogP contribution is 2.11. The van der Waals surface area contributed by atoms with Crippen LogP contribution < -0.4 is 5.32 Å². The molecule has 0 heterocycles. The minimum Gasteiger partial charge on any atom is -0.465 e. The van der Waals surface area contributed by atoms with Gasteiger partial charge < -0.3 is 14.8 Å². The second-order valence-electron chi connectivity index (χ2n) is 3.23. The highest BCUT2D eigenvalue weighted by atomic mass is 16.5. The summed E-state index contributed by atoms with van der Waals surface area (Å²) in [4.78, 5) is 22.4. The third kappa shape index (κ3) is 4.14. The van der Waals surface area contributed by atoms with Crippen LogP contribution in [0, 0.1) is 0 Å². The van der Waals surface area contributed by atoms with E-state index in [9.17, 15) is 9.59 Å². The van der Waals surface area contributed by atoms with Crippen LogP contribution in [0.4, 0.5) is 5.69 Å². The number of nitrogens with one attached hydrogen (secondary N) is 1. The van der Waals surface area contributed by atoms with E-state index in [0.29, 0.717) is 17.9 Å². The van der Waals surface area contributed by atoms with Crippen molar-refractivity contribution in [2.24, 2.45) is 0 Å². The Morgan fingerprint density at radius 1 is 1.35 bits per heavy atom. The van der Waals surface area contributed by atoms with Crippen molar-refractivity contribution in [1.82, 2.24) is 0 Å². The summed E-state index contributed by atoms with van der Waals surface area (Å²) in [5.74, 6) is -0.749. The van der Waals surface area contributed by atoms with Gasteiger partial charge in [0.25, 0.3) is 0 Å². The van der Waals surface area contributed by atoms with Gasteiger partial charge in [0.1, 0.15) is 6.54 Å². The van der Waals surface area contributed by atoms with Crippen LogP contribution in [-0.2, 0) is 14.3 Å². The normalized spacial score (nSPS) is 9.53. The third-order valence-corrected chi connectivity index (χ3v) is 2.03.